The molecule has 1 amide bonds. The number of hydrogen-bond acceptors (Lipinski definition) is 3. The summed E-state index contributed by atoms with van der Waals surface area (Å²) < 4.78 is 1.61. The van der Waals surface area contributed by atoms with Crippen LogP contribution >= 0.6 is 0 Å². The first-order chi connectivity index (χ1) is 9.77. The molecule has 0 radical (unpaired) electrons. The molecule has 0 saturated carbocycles. The second-order valence-electron chi connectivity index (χ2n) is 6.95. The Labute approximate surface area is 125 Å². The number of nitrogen functional groups attached to an aromatic ring is 1. The number of rotatable bonds is 4. The predicted octanol–water partition coefficient (Wildman–Crippen LogP) is 1.72. The van der Waals surface area contributed by atoms with Gasteiger partial charge in [-0.1, -0.05) is 20.8 Å². The Balaban J connectivity index is 1.88. The van der Waals surface area contributed by atoms with Gasteiger partial charge in [0.25, 0.3) is 5.56 Å². The summed E-state index contributed by atoms with van der Waals surface area (Å²) in [6.07, 6.45) is 3.07. The Morgan fingerprint density at radius 3 is 2.57 bits per heavy atom. The fourth-order valence-electron chi connectivity index (χ4n) is 2.72. The summed E-state index contributed by atoms with van der Waals surface area (Å²) >= 11 is 0. The molecule has 0 aliphatic carbocycles. The lowest BCUT2D eigenvalue weighted by molar-refractivity contribution is -0.127. The average molecular weight is 291 g/mol. The van der Waals surface area contributed by atoms with Gasteiger partial charge in [0, 0.05) is 44.0 Å². The number of carbonyl (C=O) groups is 1. The quantitative estimate of drug-likeness (QED) is 0.918. The lowest BCUT2D eigenvalue weighted by atomic mass is 9.80. The molecule has 1 unspecified atom stereocenters. The van der Waals surface area contributed by atoms with E-state index in [1.54, 1.807) is 16.8 Å². The number of amides is 1. The second kappa shape index (κ2) is 5.92. The summed E-state index contributed by atoms with van der Waals surface area (Å²) in [5.41, 5.74) is 6.38. The Morgan fingerprint density at radius 2 is 1.95 bits per heavy atom. The number of nitrogens with two attached hydrogens (primary N) is 1. The molecular weight excluding hydrogens is 266 g/mol. The van der Waals surface area contributed by atoms with Gasteiger partial charge in [0.1, 0.15) is 0 Å². The first kappa shape index (κ1) is 15.6. The monoisotopic (exact) mass is 291 g/mol. The van der Waals surface area contributed by atoms with Gasteiger partial charge < -0.3 is 15.2 Å². The maximum Gasteiger partial charge on any atom is 0.250 e. The third kappa shape index (κ3) is 3.86. The van der Waals surface area contributed by atoms with Crippen LogP contribution in [0.4, 0.5) is 5.69 Å². The summed E-state index contributed by atoms with van der Waals surface area (Å²) in [6, 6.07) is 3.09. The van der Waals surface area contributed by atoms with Crippen molar-refractivity contribution >= 4 is 11.6 Å². The van der Waals surface area contributed by atoms with Gasteiger partial charge in [0.15, 0.2) is 0 Å². The third-order valence-corrected chi connectivity index (χ3v) is 4.27. The minimum atomic E-state index is -0.0514. The molecule has 1 atom stereocenters. The lowest BCUT2D eigenvalue weighted by Crippen LogP contribution is -2.30. The summed E-state index contributed by atoms with van der Waals surface area (Å²) in [5.74, 6) is 0.648. The molecule has 116 valence electrons. The van der Waals surface area contributed by atoms with Crippen LogP contribution in [0.15, 0.2) is 23.1 Å². The van der Waals surface area contributed by atoms with Gasteiger partial charge >= 0.3 is 0 Å². The topological polar surface area (TPSA) is 68.3 Å². The number of anilines is 1. The summed E-state index contributed by atoms with van der Waals surface area (Å²) in [7, 11) is 0. The number of likely N-dealkylation sites (tertiary alicyclic amines) is 1. The molecule has 5 heteroatoms. The molecular formula is C16H25N3O2. The van der Waals surface area contributed by atoms with Crippen molar-refractivity contribution < 1.29 is 4.79 Å². The molecule has 0 bridgehead atoms. The summed E-state index contributed by atoms with van der Waals surface area (Å²) in [4.78, 5) is 25.6. The van der Waals surface area contributed by atoms with Gasteiger partial charge in [-0.2, -0.15) is 0 Å². The SMILES string of the molecule is CC(C)(C)C1CC(=O)N(CCCn2cc(N)ccc2=O)C1. The average Bonchev–Trinajstić information content (AvgIpc) is 2.75. The number of aryl methyl sites for hydroxylation is 1. The first-order valence-electron chi connectivity index (χ1n) is 7.51. The minimum Gasteiger partial charge on any atom is -0.398 e. The van der Waals surface area contributed by atoms with Crippen molar-refractivity contribution in [2.24, 2.45) is 11.3 Å². The van der Waals surface area contributed by atoms with Crippen molar-refractivity contribution in [3.05, 3.63) is 28.7 Å². The van der Waals surface area contributed by atoms with Gasteiger partial charge in [0.2, 0.25) is 5.91 Å². The number of carbonyl (C=O) groups excluding carboxylic acids is 1. The van der Waals surface area contributed by atoms with E-state index in [1.165, 1.54) is 6.07 Å². The molecule has 2 N–H and O–H groups in total. The van der Waals surface area contributed by atoms with Crippen molar-refractivity contribution in [3.63, 3.8) is 0 Å². The van der Waals surface area contributed by atoms with E-state index >= 15 is 0 Å². The molecule has 1 aromatic rings. The largest absolute Gasteiger partial charge is 0.398 e. The maximum absolute atomic E-state index is 12.0. The van der Waals surface area contributed by atoms with Crippen molar-refractivity contribution in [2.45, 2.75) is 40.2 Å². The van der Waals surface area contributed by atoms with Crippen LogP contribution in [0.25, 0.3) is 0 Å². The molecule has 21 heavy (non-hydrogen) atoms. The Bertz CT molecular complexity index is 572. The van der Waals surface area contributed by atoms with E-state index in [0.29, 0.717) is 31.1 Å². The van der Waals surface area contributed by atoms with E-state index in [-0.39, 0.29) is 16.9 Å². The highest BCUT2D eigenvalue weighted by molar-refractivity contribution is 5.78. The van der Waals surface area contributed by atoms with Crippen molar-refractivity contribution in [3.8, 4) is 0 Å². The summed E-state index contributed by atoms with van der Waals surface area (Å²) in [6.45, 7) is 8.66. The van der Waals surface area contributed by atoms with Gasteiger partial charge in [-0.15, -0.1) is 0 Å². The molecule has 1 aliphatic heterocycles. The van der Waals surface area contributed by atoms with Crippen LogP contribution in [0.5, 0.6) is 0 Å². The van der Waals surface area contributed by atoms with Crippen LogP contribution in [0.2, 0.25) is 0 Å². The highest BCUT2D eigenvalue weighted by Gasteiger charge is 2.36. The zero-order chi connectivity index (χ0) is 15.6. The maximum atomic E-state index is 12.0. The molecule has 1 saturated heterocycles. The summed E-state index contributed by atoms with van der Waals surface area (Å²) in [5, 5.41) is 0. The molecule has 0 aromatic carbocycles. The van der Waals surface area contributed by atoms with Gasteiger partial charge in [-0.25, -0.2) is 0 Å². The van der Waals surface area contributed by atoms with Crippen LogP contribution in [0.1, 0.15) is 33.6 Å². The first-order valence-corrected chi connectivity index (χ1v) is 7.51. The normalized spacial score (nSPS) is 19.3. The van der Waals surface area contributed by atoms with E-state index in [4.69, 9.17) is 5.73 Å². The van der Waals surface area contributed by atoms with E-state index in [9.17, 15) is 9.59 Å². The van der Waals surface area contributed by atoms with Crippen LogP contribution in [0.3, 0.4) is 0 Å². The van der Waals surface area contributed by atoms with Crippen LogP contribution in [-0.4, -0.2) is 28.5 Å². The Kier molecular flexibility index (Phi) is 4.40. The number of hydrogen-bond donors (Lipinski definition) is 1. The highest BCUT2D eigenvalue weighted by Crippen LogP contribution is 2.34. The van der Waals surface area contributed by atoms with Gasteiger partial charge in [0.05, 0.1) is 0 Å². The number of pyridine rings is 1. The zero-order valence-corrected chi connectivity index (χ0v) is 13.1. The molecule has 5 nitrogen and oxygen atoms in total. The standard InChI is InChI=1S/C16H25N3O2/c1-16(2,3)12-9-15(21)18(10-12)7-4-8-19-11-13(17)5-6-14(19)20/h5-6,11-12H,4,7-10,17H2,1-3H3. The van der Waals surface area contributed by atoms with Crippen molar-refractivity contribution in [1.82, 2.24) is 9.47 Å². The smallest absolute Gasteiger partial charge is 0.250 e. The zero-order valence-electron chi connectivity index (χ0n) is 13.1. The van der Waals surface area contributed by atoms with E-state index < -0.39 is 0 Å². The fraction of sp³-hybridized carbons (Fsp3) is 0.625. The second-order valence-corrected chi connectivity index (χ2v) is 6.95. The van der Waals surface area contributed by atoms with Crippen molar-refractivity contribution in [1.29, 1.82) is 0 Å². The molecule has 1 fully saturated rings. The highest BCUT2D eigenvalue weighted by atomic mass is 16.2. The van der Waals surface area contributed by atoms with E-state index in [1.807, 2.05) is 4.90 Å². The molecule has 0 spiro atoms. The lowest BCUT2D eigenvalue weighted by Gasteiger charge is -2.26. The van der Waals surface area contributed by atoms with Crippen molar-refractivity contribution in [2.75, 3.05) is 18.8 Å². The van der Waals surface area contributed by atoms with Gasteiger partial charge in [-0.05, 0) is 23.8 Å². The molecule has 1 aliphatic rings. The number of aromatic nitrogens is 1. The number of nitrogens with zero attached hydrogens (tertiary/aromatic N) is 2. The molecule has 2 heterocycles. The van der Waals surface area contributed by atoms with Gasteiger partial charge in [-0.3, -0.25) is 9.59 Å². The molecule has 2 rings (SSSR count). The van der Waals surface area contributed by atoms with Crippen LogP contribution < -0.4 is 11.3 Å². The predicted molar refractivity (Wildman–Crippen MR) is 83.9 cm³/mol. The minimum absolute atomic E-state index is 0.0514. The fourth-order valence-corrected chi connectivity index (χ4v) is 2.72. The Hall–Kier alpha value is -1.78. The third-order valence-electron chi connectivity index (χ3n) is 4.27. The Morgan fingerprint density at radius 1 is 1.24 bits per heavy atom. The van der Waals surface area contributed by atoms with Crippen LogP contribution in [0, 0.1) is 11.3 Å². The molecule has 1 aromatic heterocycles. The van der Waals surface area contributed by atoms with E-state index in [0.717, 1.165) is 13.0 Å². The van der Waals surface area contributed by atoms with E-state index in [2.05, 4.69) is 20.8 Å². The van der Waals surface area contributed by atoms with Crippen LogP contribution in [-0.2, 0) is 11.3 Å².